The number of nitrogens with one attached hydrogen (secondary N) is 1. The number of benzene rings is 1. The predicted molar refractivity (Wildman–Crippen MR) is 105 cm³/mol. The van der Waals surface area contributed by atoms with Crippen LogP contribution < -0.4 is 15.5 Å². The van der Waals surface area contributed by atoms with Crippen molar-refractivity contribution >= 4 is 23.2 Å². The summed E-state index contributed by atoms with van der Waals surface area (Å²) in [7, 11) is 0. The molecule has 0 bridgehead atoms. The quantitative estimate of drug-likeness (QED) is 0.718. The van der Waals surface area contributed by atoms with E-state index >= 15 is 0 Å². The minimum Gasteiger partial charge on any atom is -0.477 e. The Bertz CT molecular complexity index is 956. The molecule has 2 heterocycles. The number of amides is 1. The fourth-order valence-electron chi connectivity index (χ4n) is 3.09. The molecular weight excluding hydrogens is 425 g/mol. The number of hydrogen-bond donors (Lipinski definition) is 1. The second kappa shape index (κ2) is 9.53. The molecule has 1 aromatic heterocycles. The summed E-state index contributed by atoms with van der Waals surface area (Å²) in [6.45, 7) is 1.81. The molecule has 0 atom stereocenters. The van der Waals surface area contributed by atoms with Crippen molar-refractivity contribution in [3.63, 3.8) is 0 Å². The second-order valence-corrected chi connectivity index (χ2v) is 7.35. The summed E-state index contributed by atoms with van der Waals surface area (Å²) in [5.41, 5.74) is -1.60. The zero-order valence-electron chi connectivity index (χ0n) is 15.9. The van der Waals surface area contributed by atoms with Gasteiger partial charge in [-0.05, 0) is 44.1 Å². The van der Waals surface area contributed by atoms with E-state index in [1.165, 1.54) is 12.5 Å². The van der Waals surface area contributed by atoms with E-state index in [1.807, 2.05) is 0 Å². The Kier molecular flexibility index (Phi) is 7.04. The number of nitrogens with zero attached hydrogens (tertiary/aromatic N) is 1. The summed E-state index contributed by atoms with van der Waals surface area (Å²) < 4.78 is 49.0. The minimum atomic E-state index is -4.57. The van der Waals surface area contributed by atoms with Crippen LogP contribution in [0.3, 0.4) is 0 Å². The third-order valence-electron chi connectivity index (χ3n) is 4.61. The molecule has 2 aromatic rings. The van der Waals surface area contributed by atoms with Crippen molar-refractivity contribution in [2.24, 2.45) is 0 Å². The van der Waals surface area contributed by atoms with Gasteiger partial charge in [0.15, 0.2) is 6.61 Å². The first-order chi connectivity index (χ1) is 14.2. The average Bonchev–Trinajstić information content (AvgIpc) is 2.69. The lowest BCUT2D eigenvalue weighted by molar-refractivity contribution is -0.137. The van der Waals surface area contributed by atoms with Crippen molar-refractivity contribution in [3.8, 4) is 5.75 Å². The monoisotopic (exact) mass is 444 g/mol. The molecule has 0 radical (unpaired) electrons. The number of ether oxygens (including phenoxy) is 1. The molecule has 10 heteroatoms. The smallest absolute Gasteiger partial charge is 0.416 e. The molecule has 3 rings (SSSR count). The normalized spacial score (nSPS) is 15.1. The van der Waals surface area contributed by atoms with Crippen LogP contribution in [-0.2, 0) is 17.5 Å². The van der Waals surface area contributed by atoms with Gasteiger partial charge in [-0.2, -0.15) is 13.2 Å². The summed E-state index contributed by atoms with van der Waals surface area (Å²) in [6.07, 6.45) is -0.0323. The van der Waals surface area contributed by atoms with E-state index in [-0.39, 0.29) is 16.5 Å². The van der Waals surface area contributed by atoms with Crippen LogP contribution in [0.5, 0.6) is 5.75 Å². The first-order valence-electron chi connectivity index (χ1n) is 9.36. The van der Waals surface area contributed by atoms with Crippen molar-refractivity contribution in [2.75, 3.05) is 25.0 Å². The molecule has 1 amide bonds. The molecule has 0 spiro atoms. The van der Waals surface area contributed by atoms with Crippen molar-refractivity contribution in [2.45, 2.75) is 32.0 Å². The highest BCUT2D eigenvalue weighted by molar-refractivity contribution is 6.33. The van der Waals surface area contributed by atoms with Gasteiger partial charge in [-0.25, -0.2) is 0 Å². The summed E-state index contributed by atoms with van der Waals surface area (Å²) in [5, 5.41) is 2.19. The molecule has 1 aromatic carbocycles. The molecule has 1 N–H and O–H groups in total. The Morgan fingerprint density at radius 2 is 1.93 bits per heavy atom. The van der Waals surface area contributed by atoms with Crippen molar-refractivity contribution in [1.82, 2.24) is 4.90 Å². The number of carbonyl (C=O) groups is 1. The zero-order valence-corrected chi connectivity index (χ0v) is 16.7. The van der Waals surface area contributed by atoms with Gasteiger partial charge >= 0.3 is 6.18 Å². The van der Waals surface area contributed by atoms with Gasteiger partial charge in [-0.1, -0.05) is 18.0 Å². The van der Waals surface area contributed by atoms with Crippen molar-refractivity contribution < 1.29 is 27.1 Å². The lowest BCUT2D eigenvalue weighted by Crippen LogP contribution is -2.29. The predicted octanol–water partition coefficient (Wildman–Crippen LogP) is 4.32. The largest absolute Gasteiger partial charge is 0.477 e. The van der Waals surface area contributed by atoms with E-state index in [2.05, 4.69) is 10.2 Å². The maximum Gasteiger partial charge on any atom is 0.416 e. The number of piperidine rings is 1. The standard InChI is InChI=1S/C20H20ClF3N2O4/c21-15-5-4-13(20(22,23)24)8-16(15)25-19(28)12-30-18-11-29-14(9-17(18)27)10-26-6-2-1-3-7-26/h4-5,8-9,11H,1-3,6-7,10,12H2,(H,25,28). The van der Waals surface area contributed by atoms with Gasteiger partial charge in [0.05, 0.1) is 22.8 Å². The molecule has 1 aliphatic heterocycles. The molecule has 0 unspecified atom stereocenters. The molecule has 0 aliphatic carbocycles. The highest BCUT2D eigenvalue weighted by atomic mass is 35.5. The maximum absolute atomic E-state index is 12.8. The Hall–Kier alpha value is -2.52. The summed E-state index contributed by atoms with van der Waals surface area (Å²) in [6, 6.07) is 3.89. The van der Waals surface area contributed by atoms with Gasteiger partial charge in [0, 0.05) is 6.07 Å². The molecule has 1 saturated heterocycles. The number of anilines is 1. The van der Waals surface area contributed by atoms with Gasteiger partial charge in [0.2, 0.25) is 11.2 Å². The van der Waals surface area contributed by atoms with Crippen LogP contribution in [0.1, 0.15) is 30.6 Å². The Balaban J connectivity index is 1.57. The van der Waals surface area contributed by atoms with Gasteiger partial charge in [0.25, 0.3) is 5.91 Å². The molecule has 162 valence electrons. The Morgan fingerprint density at radius 3 is 2.60 bits per heavy atom. The Labute approximate surface area is 175 Å². The van der Waals surface area contributed by atoms with Gasteiger partial charge < -0.3 is 14.5 Å². The first-order valence-corrected chi connectivity index (χ1v) is 9.73. The molecule has 0 saturated carbocycles. The fraction of sp³-hybridized carbons (Fsp3) is 0.400. The lowest BCUT2D eigenvalue weighted by Gasteiger charge is -2.25. The van der Waals surface area contributed by atoms with Crippen LogP contribution in [0.4, 0.5) is 18.9 Å². The number of hydrogen-bond acceptors (Lipinski definition) is 5. The topological polar surface area (TPSA) is 71.8 Å². The SMILES string of the molecule is O=C(COc1coc(CN2CCCCC2)cc1=O)Nc1cc(C(F)(F)F)ccc1Cl. The molecule has 30 heavy (non-hydrogen) atoms. The van der Waals surface area contributed by atoms with Crippen LogP contribution in [0.15, 0.2) is 39.7 Å². The van der Waals surface area contributed by atoms with E-state index in [0.29, 0.717) is 12.3 Å². The summed E-state index contributed by atoms with van der Waals surface area (Å²) in [5.74, 6) is -0.440. The van der Waals surface area contributed by atoms with Gasteiger partial charge in [-0.3, -0.25) is 14.5 Å². The highest BCUT2D eigenvalue weighted by Gasteiger charge is 2.31. The van der Waals surface area contributed by atoms with E-state index < -0.39 is 29.7 Å². The van der Waals surface area contributed by atoms with Crippen LogP contribution in [-0.4, -0.2) is 30.5 Å². The van der Waals surface area contributed by atoms with Gasteiger partial charge in [-0.15, -0.1) is 0 Å². The van der Waals surface area contributed by atoms with E-state index in [4.69, 9.17) is 20.8 Å². The second-order valence-electron chi connectivity index (χ2n) is 6.94. The fourth-order valence-corrected chi connectivity index (χ4v) is 3.26. The average molecular weight is 445 g/mol. The zero-order chi connectivity index (χ0) is 21.7. The van der Waals surface area contributed by atoms with E-state index in [9.17, 15) is 22.8 Å². The molecule has 1 fully saturated rings. The highest BCUT2D eigenvalue weighted by Crippen LogP contribution is 2.33. The van der Waals surface area contributed by atoms with Crippen LogP contribution in [0.25, 0.3) is 0 Å². The van der Waals surface area contributed by atoms with Crippen molar-refractivity contribution in [1.29, 1.82) is 0 Å². The number of alkyl halides is 3. The number of halogens is 4. The van der Waals surface area contributed by atoms with Crippen LogP contribution in [0.2, 0.25) is 5.02 Å². The Morgan fingerprint density at radius 1 is 1.20 bits per heavy atom. The maximum atomic E-state index is 12.8. The van der Waals surface area contributed by atoms with E-state index in [1.54, 1.807) is 0 Å². The number of carbonyl (C=O) groups excluding carboxylic acids is 1. The van der Waals surface area contributed by atoms with Crippen LogP contribution >= 0.6 is 11.6 Å². The number of likely N-dealkylation sites (tertiary alicyclic amines) is 1. The molecular formula is C20H20ClF3N2O4. The first kappa shape index (κ1) is 22.2. The number of rotatable bonds is 6. The van der Waals surface area contributed by atoms with Crippen LogP contribution in [0, 0.1) is 0 Å². The van der Waals surface area contributed by atoms with E-state index in [0.717, 1.165) is 50.4 Å². The lowest BCUT2D eigenvalue weighted by atomic mass is 10.1. The van der Waals surface area contributed by atoms with Gasteiger partial charge in [0.1, 0.15) is 12.0 Å². The molecule has 1 aliphatic rings. The van der Waals surface area contributed by atoms with Crippen molar-refractivity contribution in [3.05, 3.63) is 57.1 Å². The summed E-state index contributed by atoms with van der Waals surface area (Å²) >= 11 is 5.84. The third-order valence-corrected chi connectivity index (χ3v) is 4.94. The molecule has 6 nitrogen and oxygen atoms in total. The minimum absolute atomic E-state index is 0.0575. The summed E-state index contributed by atoms with van der Waals surface area (Å²) in [4.78, 5) is 26.4. The third kappa shape index (κ3) is 5.99.